The van der Waals surface area contributed by atoms with E-state index in [0.717, 1.165) is 16.8 Å². The molecule has 0 amide bonds. The zero-order chi connectivity index (χ0) is 19.3. The molecule has 1 aliphatic carbocycles. The van der Waals surface area contributed by atoms with Crippen LogP contribution in [0.25, 0.3) is 17.1 Å². The highest BCUT2D eigenvalue weighted by atomic mass is 32.1. The first-order valence-electron chi connectivity index (χ1n) is 8.72. The van der Waals surface area contributed by atoms with Gasteiger partial charge < -0.3 is 10.2 Å². The maximum Gasteiger partial charge on any atom is 0.200 e. The molecule has 4 rings (SSSR count). The van der Waals surface area contributed by atoms with Crippen LogP contribution in [0.3, 0.4) is 0 Å². The van der Waals surface area contributed by atoms with Crippen molar-refractivity contribution in [2.75, 3.05) is 0 Å². The number of hydrogen-bond acceptors (Lipinski definition) is 5. The average Bonchev–Trinajstić information content (AvgIpc) is 3.15. The van der Waals surface area contributed by atoms with Crippen molar-refractivity contribution in [2.24, 2.45) is 0 Å². The topological polar surface area (TPSA) is 91.1 Å². The van der Waals surface area contributed by atoms with Gasteiger partial charge in [-0.15, -0.1) is 0 Å². The van der Waals surface area contributed by atoms with Crippen molar-refractivity contribution in [3.05, 3.63) is 51.8 Å². The first-order valence-corrected chi connectivity index (χ1v) is 9.13. The monoisotopic (exact) mass is 381 g/mol. The van der Waals surface area contributed by atoms with Gasteiger partial charge in [0.05, 0.1) is 11.3 Å². The Morgan fingerprint density at radius 1 is 1.11 bits per heavy atom. The summed E-state index contributed by atoms with van der Waals surface area (Å²) in [4.78, 5) is 11.7. The summed E-state index contributed by atoms with van der Waals surface area (Å²) in [7, 11) is 0. The number of benzene rings is 2. The van der Waals surface area contributed by atoms with Gasteiger partial charge >= 0.3 is 0 Å². The number of nitrogens with zero attached hydrogens (tertiary/aromatic N) is 2. The maximum absolute atomic E-state index is 11.7. The van der Waals surface area contributed by atoms with E-state index >= 15 is 0 Å². The largest absolute Gasteiger partial charge is 0.508 e. The van der Waals surface area contributed by atoms with Gasteiger partial charge in [0.1, 0.15) is 17.3 Å². The van der Waals surface area contributed by atoms with Gasteiger partial charge in [0, 0.05) is 18.9 Å². The predicted molar refractivity (Wildman–Crippen MR) is 104 cm³/mol. The molecule has 0 aliphatic heterocycles. The van der Waals surface area contributed by atoms with Crippen LogP contribution in [0.5, 0.6) is 11.5 Å². The number of carbonyl (C=O) groups excluding carboxylic acids is 1. The Morgan fingerprint density at radius 2 is 1.85 bits per heavy atom. The van der Waals surface area contributed by atoms with Crippen molar-refractivity contribution in [3.63, 3.8) is 0 Å². The lowest BCUT2D eigenvalue weighted by molar-refractivity contribution is -0.117. The summed E-state index contributed by atoms with van der Waals surface area (Å²) in [5.74, 6) is 0.691. The molecule has 0 bridgehead atoms. The molecule has 0 radical (unpaired) electrons. The van der Waals surface area contributed by atoms with E-state index in [1.807, 2.05) is 32.0 Å². The Kier molecular flexibility index (Phi) is 4.11. The molecule has 3 N–H and O–H groups in total. The van der Waals surface area contributed by atoms with Crippen molar-refractivity contribution in [1.82, 2.24) is 14.8 Å². The van der Waals surface area contributed by atoms with Crippen LogP contribution in [0.15, 0.2) is 30.3 Å². The molecule has 7 heteroatoms. The number of fused-ring (bicyclic) bond motifs is 1. The van der Waals surface area contributed by atoms with E-state index in [0.29, 0.717) is 34.6 Å². The standard InChI is InChI=1S/C20H19N3O3S/c1-10(2)15-8-16(18(26)9-17(15)25)19-21-22-20(27)23(19)13-4-3-11-6-14(24)7-12(11)5-13/h3-5,8-10,25-26H,6-7H2,1-2H3,(H,22,27). The van der Waals surface area contributed by atoms with Gasteiger partial charge in [0.2, 0.25) is 0 Å². The zero-order valence-corrected chi connectivity index (χ0v) is 15.8. The van der Waals surface area contributed by atoms with Crippen LogP contribution in [0.4, 0.5) is 0 Å². The number of H-pyrrole nitrogens is 1. The molecule has 27 heavy (non-hydrogen) atoms. The number of phenolic OH excluding ortho intramolecular Hbond substituents is 2. The number of rotatable bonds is 3. The van der Waals surface area contributed by atoms with E-state index < -0.39 is 0 Å². The van der Waals surface area contributed by atoms with E-state index in [4.69, 9.17) is 12.2 Å². The minimum atomic E-state index is -0.0801. The van der Waals surface area contributed by atoms with Gasteiger partial charge in [0.15, 0.2) is 10.6 Å². The number of nitrogens with one attached hydrogen (secondary N) is 1. The van der Waals surface area contributed by atoms with Crippen LogP contribution >= 0.6 is 12.2 Å². The number of phenols is 2. The van der Waals surface area contributed by atoms with Crippen molar-refractivity contribution >= 4 is 18.0 Å². The highest BCUT2D eigenvalue weighted by molar-refractivity contribution is 7.71. The van der Waals surface area contributed by atoms with Crippen LogP contribution in [0.1, 0.15) is 36.5 Å². The molecule has 1 aromatic heterocycles. The number of aromatic hydroxyl groups is 2. The minimum absolute atomic E-state index is 0.0444. The third-order valence-electron chi connectivity index (χ3n) is 4.90. The maximum atomic E-state index is 11.7. The second-order valence-corrected chi connectivity index (χ2v) is 7.50. The normalized spacial score (nSPS) is 13.4. The molecule has 0 saturated carbocycles. The highest BCUT2D eigenvalue weighted by Crippen LogP contribution is 2.38. The van der Waals surface area contributed by atoms with Gasteiger partial charge in [-0.2, -0.15) is 5.10 Å². The van der Waals surface area contributed by atoms with Crippen LogP contribution < -0.4 is 0 Å². The second-order valence-electron chi connectivity index (χ2n) is 7.12. The summed E-state index contributed by atoms with van der Waals surface area (Å²) < 4.78 is 2.11. The number of Topliss-reactive ketones (excluding diaryl/α,β-unsaturated/α-hetero) is 1. The summed E-state index contributed by atoms with van der Waals surface area (Å²) in [6, 6.07) is 8.83. The molecule has 1 aliphatic rings. The molecule has 138 valence electrons. The van der Waals surface area contributed by atoms with Gasteiger partial charge in [-0.3, -0.25) is 14.5 Å². The van der Waals surface area contributed by atoms with E-state index in [1.54, 1.807) is 10.6 Å². The molecule has 0 atom stereocenters. The molecule has 0 fully saturated rings. The number of aromatic amines is 1. The number of hydrogen-bond donors (Lipinski definition) is 3. The van der Waals surface area contributed by atoms with Crippen molar-refractivity contribution in [2.45, 2.75) is 32.6 Å². The first-order chi connectivity index (χ1) is 12.8. The average molecular weight is 381 g/mol. The molecular weight excluding hydrogens is 362 g/mol. The summed E-state index contributed by atoms with van der Waals surface area (Å²) in [6.45, 7) is 3.93. The molecular formula is C20H19N3O3S. The quantitative estimate of drug-likeness (QED) is 0.600. The minimum Gasteiger partial charge on any atom is -0.508 e. The summed E-state index contributed by atoms with van der Waals surface area (Å²) in [6.07, 6.45) is 0.890. The summed E-state index contributed by atoms with van der Waals surface area (Å²) in [5.41, 5.74) is 3.98. The number of ketones is 1. The Morgan fingerprint density at radius 3 is 2.59 bits per heavy atom. The van der Waals surface area contributed by atoms with E-state index in [1.165, 1.54) is 6.07 Å². The third kappa shape index (κ3) is 2.94. The van der Waals surface area contributed by atoms with Gasteiger partial charge in [-0.05, 0) is 53.0 Å². The van der Waals surface area contributed by atoms with Crippen molar-refractivity contribution in [3.8, 4) is 28.6 Å². The molecule has 0 saturated heterocycles. The highest BCUT2D eigenvalue weighted by Gasteiger charge is 2.22. The van der Waals surface area contributed by atoms with Crippen LogP contribution in [-0.4, -0.2) is 30.8 Å². The Labute approximate surface area is 161 Å². The molecule has 1 heterocycles. The molecule has 2 aromatic carbocycles. The van der Waals surface area contributed by atoms with E-state index in [-0.39, 0.29) is 23.2 Å². The van der Waals surface area contributed by atoms with Crippen LogP contribution in [-0.2, 0) is 17.6 Å². The lowest BCUT2D eigenvalue weighted by Crippen LogP contribution is -2.00. The fourth-order valence-electron chi connectivity index (χ4n) is 3.53. The predicted octanol–water partition coefficient (Wildman–Crippen LogP) is 3.80. The fraction of sp³-hybridized carbons (Fsp3) is 0.250. The first kappa shape index (κ1) is 17.5. The van der Waals surface area contributed by atoms with Crippen molar-refractivity contribution < 1.29 is 15.0 Å². The fourth-order valence-corrected chi connectivity index (χ4v) is 3.77. The Bertz CT molecular complexity index is 1130. The third-order valence-corrected chi connectivity index (χ3v) is 5.18. The van der Waals surface area contributed by atoms with Gasteiger partial charge in [-0.1, -0.05) is 19.9 Å². The molecule has 3 aromatic rings. The smallest absolute Gasteiger partial charge is 0.200 e. The number of aromatic nitrogens is 3. The lowest BCUT2D eigenvalue weighted by atomic mass is 9.98. The van der Waals surface area contributed by atoms with Crippen LogP contribution in [0, 0.1) is 4.77 Å². The second kappa shape index (κ2) is 6.35. The Balaban J connectivity index is 1.90. The molecule has 0 spiro atoms. The van der Waals surface area contributed by atoms with E-state index in [9.17, 15) is 15.0 Å². The lowest BCUT2D eigenvalue weighted by Gasteiger charge is -2.14. The molecule has 6 nitrogen and oxygen atoms in total. The SMILES string of the molecule is CC(C)c1cc(-c2n[nH]c(=S)n2-c2ccc3c(c2)CC(=O)C3)c(O)cc1O. The van der Waals surface area contributed by atoms with Crippen molar-refractivity contribution in [1.29, 1.82) is 0 Å². The molecule has 0 unspecified atom stereocenters. The van der Waals surface area contributed by atoms with Gasteiger partial charge in [0.25, 0.3) is 0 Å². The van der Waals surface area contributed by atoms with Gasteiger partial charge in [-0.25, -0.2) is 0 Å². The summed E-state index contributed by atoms with van der Waals surface area (Å²) in [5, 5.41) is 27.6. The van der Waals surface area contributed by atoms with E-state index in [2.05, 4.69) is 10.2 Å². The number of carbonyl (C=O) groups is 1. The zero-order valence-electron chi connectivity index (χ0n) is 15.0. The Hall–Kier alpha value is -2.93. The summed E-state index contributed by atoms with van der Waals surface area (Å²) >= 11 is 5.41. The van der Waals surface area contributed by atoms with Crippen LogP contribution in [0.2, 0.25) is 0 Å².